The van der Waals surface area contributed by atoms with E-state index in [1.165, 1.54) is 6.92 Å². The van der Waals surface area contributed by atoms with Crippen molar-refractivity contribution in [1.29, 1.82) is 0 Å². The lowest BCUT2D eigenvalue weighted by atomic mass is 10.1. The summed E-state index contributed by atoms with van der Waals surface area (Å²) in [7, 11) is 0. The van der Waals surface area contributed by atoms with E-state index < -0.39 is 0 Å². The van der Waals surface area contributed by atoms with E-state index >= 15 is 0 Å². The number of hydrogen-bond acceptors (Lipinski definition) is 2. The molecule has 0 bridgehead atoms. The van der Waals surface area contributed by atoms with Gasteiger partial charge in [0.1, 0.15) is 0 Å². The quantitative estimate of drug-likeness (QED) is 0.903. The van der Waals surface area contributed by atoms with Crippen molar-refractivity contribution in [3.63, 3.8) is 0 Å². The molecule has 0 atom stereocenters. The van der Waals surface area contributed by atoms with Crippen LogP contribution in [0.4, 0.5) is 5.69 Å². The molecule has 4 nitrogen and oxygen atoms in total. The summed E-state index contributed by atoms with van der Waals surface area (Å²) in [5.41, 5.74) is 3.28. The van der Waals surface area contributed by atoms with E-state index in [-0.39, 0.29) is 17.9 Å². The Labute approximate surface area is 143 Å². The molecule has 0 aliphatic carbocycles. The second-order valence-electron chi connectivity index (χ2n) is 6.22. The number of anilines is 1. The van der Waals surface area contributed by atoms with Crippen LogP contribution >= 0.6 is 0 Å². The summed E-state index contributed by atoms with van der Waals surface area (Å²) in [6.45, 7) is 7.93. The number of aryl methyl sites for hydroxylation is 1. The van der Waals surface area contributed by atoms with Gasteiger partial charge in [-0.1, -0.05) is 36.4 Å². The molecule has 24 heavy (non-hydrogen) atoms. The fourth-order valence-electron chi connectivity index (χ4n) is 2.51. The van der Waals surface area contributed by atoms with Crippen LogP contribution in [0.1, 0.15) is 42.3 Å². The first-order valence-electron chi connectivity index (χ1n) is 8.11. The molecular formula is C20H24N2O2. The maximum absolute atomic E-state index is 13.0. The summed E-state index contributed by atoms with van der Waals surface area (Å²) in [4.78, 5) is 26.1. The molecule has 0 spiro atoms. The Morgan fingerprint density at radius 1 is 1.08 bits per heavy atom. The van der Waals surface area contributed by atoms with Crippen LogP contribution in [0.25, 0.3) is 0 Å². The summed E-state index contributed by atoms with van der Waals surface area (Å²) < 4.78 is 0. The highest BCUT2D eigenvalue weighted by Gasteiger charge is 2.20. The number of nitrogens with one attached hydrogen (secondary N) is 1. The minimum absolute atomic E-state index is 0.0412. The van der Waals surface area contributed by atoms with Crippen LogP contribution < -0.4 is 5.32 Å². The molecule has 0 unspecified atom stereocenters. The maximum atomic E-state index is 13.0. The van der Waals surface area contributed by atoms with Crippen LogP contribution in [0.2, 0.25) is 0 Å². The topological polar surface area (TPSA) is 49.4 Å². The second kappa shape index (κ2) is 7.77. The fourth-order valence-corrected chi connectivity index (χ4v) is 2.51. The van der Waals surface area contributed by atoms with Crippen molar-refractivity contribution in [2.24, 2.45) is 0 Å². The number of nitrogens with zero attached hydrogens (tertiary/aromatic N) is 1. The molecule has 0 radical (unpaired) electrons. The van der Waals surface area contributed by atoms with E-state index in [4.69, 9.17) is 0 Å². The molecule has 0 saturated heterocycles. The van der Waals surface area contributed by atoms with Gasteiger partial charge in [-0.05, 0) is 44.0 Å². The lowest BCUT2D eigenvalue weighted by Crippen LogP contribution is -2.36. The monoisotopic (exact) mass is 324 g/mol. The third-order valence-corrected chi connectivity index (χ3v) is 3.88. The van der Waals surface area contributed by atoms with Crippen molar-refractivity contribution < 1.29 is 9.59 Å². The summed E-state index contributed by atoms with van der Waals surface area (Å²) in [5.74, 6) is -0.187. The largest absolute Gasteiger partial charge is 0.332 e. The third-order valence-electron chi connectivity index (χ3n) is 3.88. The molecule has 1 N–H and O–H groups in total. The number of benzene rings is 2. The SMILES string of the molecule is CC(=O)Nc1cc(C(=O)N(Cc2ccccc2)C(C)C)ccc1C. The highest BCUT2D eigenvalue weighted by molar-refractivity contribution is 5.97. The number of carbonyl (C=O) groups is 2. The van der Waals surface area contributed by atoms with Crippen LogP contribution in [-0.2, 0) is 11.3 Å². The molecule has 0 saturated carbocycles. The lowest BCUT2D eigenvalue weighted by Gasteiger charge is -2.27. The molecule has 2 aromatic rings. The molecule has 0 aliphatic heterocycles. The van der Waals surface area contributed by atoms with Gasteiger partial charge in [0.25, 0.3) is 5.91 Å². The van der Waals surface area contributed by atoms with E-state index in [0.29, 0.717) is 17.8 Å². The van der Waals surface area contributed by atoms with Gasteiger partial charge >= 0.3 is 0 Å². The van der Waals surface area contributed by atoms with E-state index in [1.807, 2.05) is 68.1 Å². The Hall–Kier alpha value is -2.62. The predicted molar refractivity (Wildman–Crippen MR) is 96.9 cm³/mol. The molecule has 4 heteroatoms. The Bertz CT molecular complexity index is 724. The smallest absolute Gasteiger partial charge is 0.254 e. The van der Waals surface area contributed by atoms with E-state index in [1.54, 1.807) is 6.07 Å². The van der Waals surface area contributed by atoms with E-state index in [9.17, 15) is 9.59 Å². The van der Waals surface area contributed by atoms with E-state index in [0.717, 1.165) is 11.1 Å². The zero-order chi connectivity index (χ0) is 17.7. The minimum atomic E-state index is -0.146. The van der Waals surface area contributed by atoms with Gasteiger partial charge < -0.3 is 10.2 Å². The molecule has 2 aromatic carbocycles. The molecule has 2 rings (SSSR count). The van der Waals surface area contributed by atoms with Gasteiger partial charge in [-0.3, -0.25) is 9.59 Å². The van der Waals surface area contributed by atoms with Crippen molar-refractivity contribution in [1.82, 2.24) is 4.90 Å². The molecular weight excluding hydrogens is 300 g/mol. The van der Waals surface area contributed by atoms with Crippen molar-refractivity contribution in [3.05, 3.63) is 65.2 Å². The minimum Gasteiger partial charge on any atom is -0.332 e. The third kappa shape index (κ3) is 4.44. The van der Waals surface area contributed by atoms with Gasteiger partial charge in [0.2, 0.25) is 5.91 Å². The average molecular weight is 324 g/mol. The van der Waals surface area contributed by atoms with E-state index in [2.05, 4.69) is 5.32 Å². The van der Waals surface area contributed by atoms with Gasteiger partial charge in [0, 0.05) is 30.8 Å². The zero-order valence-corrected chi connectivity index (χ0v) is 14.7. The van der Waals surface area contributed by atoms with Crippen LogP contribution in [0.3, 0.4) is 0 Å². The Morgan fingerprint density at radius 2 is 1.75 bits per heavy atom. The molecule has 0 heterocycles. The number of hydrogen-bond donors (Lipinski definition) is 1. The summed E-state index contributed by atoms with van der Waals surface area (Å²) in [6, 6.07) is 15.4. The van der Waals surface area contributed by atoms with Crippen molar-refractivity contribution >= 4 is 17.5 Å². The van der Waals surface area contributed by atoms with Crippen LogP contribution in [0.5, 0.6) is 0 Å². The second-order valence-corrected chi connectivity index (χ2v) is 6.22. The van der Waals surface area contributed by atoms with Gasteiger partial charge in [0.05, 0.1) is 0 Å². The Morgan fingerprint density at radius 3 is 2.33 bits per heavy atom. The first-order chi connectivity index (χ1) is 11.4. The highest BCUT2D eigenvalue weighted by atomic mass is 16.2. The average Bonchev–Trinajstić information content (AvgIpc) is 2.54. The van der Waals surface area contributed by atoms with Gasteiger partial charge in [-0.25, -0.2) is 0 Å². The van der Waals surface area contributed by atoms with Crippen LogP contribution in [0.15, 0.2) is 48.5 Å². The zero-order valence-electron chi connectivity index (χ0n) is 14.7. The van der Waals surface area contributed by atoms with Gasteiger partial charge in [-0.15, -0.1) is 0 Å². The number of rotatable bonds is 5. The maximum Gasteiger partial charge on any atom is 0.254 e. The van der Waals surface area contributed by atoms with Gasteiger partial charge in [-0.2, -0.15) is 0 Å². The number of carbonyl (C=O) groups excluding carboxylic acids is 2. The van der Waals surface area contributed by atoms with Crippen molar-refractivity contribution in [3.8, 4) is 0 Å². The summed E-state index contributed by atoms with van der Waals surface area (Å²) >= 11 is 0. The standard InChI is InChI=1S/C20H24N2O2/c1-14(2)22(13-17-8-6-5-7-9-17)20(24)18-11-10-15(3)19(12-18)21-16(4)23/h5-12,14H,13H2,1-4H3,(H,21,23). The van der Waals surface area contributed by atoms with Gasteiger partial charge in [0.15, 0.2) is 0 Å². The summed E-state index contributed by atoms with van der Waals surface area (Å²) in [5, 5.41) is 2.78. The first-order valence-corrected chi connectivity index (χ1v) is 8.11. The van der Waals surface area contributed by atoms with Crippen LogP contribution in [-0.4, -0.2) is 22.8 Å². The van der Waals surface area contributed by atoms with Crippen LogP contribution in [0, 0.1) is 6.92 Å². The molecule has 0 aliphatic rings. The Balaban J connectivity index is 2.28. The highest BCUT2D eigenvalue weighted by Crippen LogP contribution is 2.20. The molecule has 2 amide bonds. The lowest BCUT2D eigenvalue weighted by molar-refractivity contribution is -0.114. The predicted octanol–water partition coefficient (Wildman–Crippen LogP) is 4.00. The Kier molecular flexibility index (Phi) is 5.74. The van der Waals surface area contributed by atoms with Crippen molar-refractivity contribution in [2.75, 3.05) is 5.32 Å². The fraction of sp³-hybridized carbons (Fsp3) is 0.300. The normalized spacial score (nSPS) is 10.5. The molecule has 0 fully saturated rings. The molecule has 126 valence electrons. The first kappa shape index (κ1) is 17.7. The molecule has 0 aromatic heterocycles. The summed E-state index contributed by atoms with van der Waals surface area (Å²) in [6.07, 6.45) is 0. The van der Waals surface area contributed by atoms with Crippen molar-refractivity contribution in [2.45, 2.75) is 40.3 Å². The number of amides is 2.